The molecule has 1 amide bonds. The Morgan fingerprint density at radius 3 is 2.59 bits per heavy atom. The van der Waals surface area contributed by atoms with Crippen molar-refractivity contribution in [3.05, 3.63) is 103 Å². The summed E-state index contributed by atoms with van der Waals surface area (Å²) in [6.45, 7) is 6.47. The van der Waals surface area contributed by atoms with Crippen molar-refractivity contribution in [3.63, 3.8) is 0 Å². The molecule has 0 radical (unpaired) electrons. The van der Waals surface area contributed by atoms with Crippen molar-refractivity contribution in [2.24, 2.45) is 0 Å². The van der Waals surface area contributed by atoms with E-state index in [9.17, 15) is 4.79 Å². The number of fused-ring (bicyclic) bond motifs is 1. The van der Waals surface area contributed by atoms with Gasteiger partial charge in [-0.05, 0) is 48.4 Å². The minimum Gasteiger partial charge on any atom is -0.490 e. The molecule has 6 rings (SSSR count). The maximum atomic E-state index is 13.4. The minimum absolute atomic E-state index is 0.276. The fourth-order valence-corrected chi connectivity index (χ4v) is 4.94. The Morgan fingerprint density at radius 2 is 1.76 bits per heavy atom. The molecular weight excluding hydrogens is 516 g/mol. The molecule has 2 N–H and O–H groups in total. The summed E-state index contributed by atoms with van der Waals surface area (Å²) in [6.07, 6.45) is 3.50. The Labute approximate surface area is 238 Å². The van der Waals surface area contributed by atoms with Crippen LogP contribution in [0.15, 0.2) is 91.3 Å². The minimum atomic E-state index is -0.276. The van der Waals surface area contributed by atoms with Crippen molar-refractivity contribution in [2.45, 2.75) is 13.5 Å². The Morgan fingerprint density at radius 1 is 0.951 bits per heavy atom. The van der Waals surface area contributed by atoms with Gasteiger partial charge in [-0.3, -0.25) is 4.79 Å². The second-order valence-corrected chi connectivity index (χ2v) is 9.72. The summed E-state index contributed by atoms with van der Waals surface area (Å²) in [4.78, 5) is 20.4. The summed E-state index contributed by atoms with van der Waals surface area (Å²) < 4.78 is 13.7. The number of rotatable bonds is 9. The number of ether oxygens (including phenoxy) is 2. The molecule has 5 aromatic rings. The number of aromatic nitrogens is 3. The Bertz CT molecular complexity index is 1650. The number of amides is 1. The van der Waals surface area contributed by atoms with Crippen molar-refractivity contribution >= 4 is 22.9 Å². The first-order chi connectivity index (χ1) is 20.2. The average Bonchev–Trinajstić information content (AvgIpc) is 3.45. The second-order valence-electron chi connectivity index (χ2n) is 9.72. The number of carbonyl (C=O) groups excluding carboxylic acids is 1. The summed E-state index contributed by atoms with van der Waals surface area (Å²) in [7, 11) is 0. The quantitative estimate of drug-likeness (QED) is 0.267. The molecule has 0 saturated carbocycles. The summed E-state index contributed by atoms with van der Waals surface area (Å²) in [6, 6.07) is 25.4. The molecule has 0 aliphatic carbocycles. The largest absolute Gasteiger partial charge is 0.490 e. The summed E-state index contributed by atoms with van der Waals surface area (Å²) >= 11 is 0. The zero-order valence-electron chi connectivity index (χ0n) is 22.9. The highest BCUT2D eigenvalue weighted by Gasteiger charge is 2.18. The van der Waals surface area contributed by atoms with Gasteiger partial charge in [0.2, 0.25) is 0 Å². The highest BCUT2D eigenvalue weighted by atomic mass is 16.5. The summed E-state index contributed by atoms with van der Waals surface area (Å²) in [5.41, 5.74) is 5.39. The first-order valence-electron chi connectivity index (χ1n) is 13.8. The van der Waals surface area contributed by atoms with E-state index in [1.165, 1.54) is 0 Å². The van der Waals surface area contributed by atoms with Crippen LogP contribution >= 0.6 is 0 Å². The lowest BCUT2D eigenvalue weighted by molar-refractivity contribution is 0.102. The average molecular weight is 549 g/mol. The van der Waals surface area contributed by atoms with E-state index in [0.717, 1.165) is 54.2 Å². The first kappa shape index (κ1) is 26.3. The van der Waals surface area contributed by atoms with Crippen LogP contribution in [-0.4, -0.2) is 53.3 Å². The number of para-hydroxylation sites is 2. The van der Waals surface area contributed by atoms with Gasteiger partial charge < -0.3 is 25.0 Å². The Kier molecular flexibility index (Phi) is 7.77. The van der Waals surface area contributed by atoms with Crippen LogP contribution in [0.2, 0.25) is 0 Å². The molecule has 0 atom stereocenters. The van der Waals surface area contributed by atoms with Gasteiger partial charge in [0, 0.05) is 37.9 Å². The number of carbonyl (C=O) groups is 1. The van der Waals surface area contributed by atoms with Gasteiger partial charge in [0.15, 0.2) is 17.1 Å². The van der Waals surface area contributed by atoms with Gasteiger partial charge >= 0.3 is 0 Å². The normalized spacial score (nSPS) is 13.2. The van der Waals surface area contributed by atoms with E-state index >= 15 is 0 Å². The molecule has 1 fully saturated rings. The molecule has 9 heteroatoms. The molecule has 208 valence electrons. The number of nitrogens with zero attached hydrogens (tertiary/aromatic N) is 4. The lowest BCUT2D eigenvalue weighted by atomic mass is 10.1. The Hall–Kier alpha value is -4.89. The number of hydrogen-bond acceptors (Lipinski definition) is 7. The van der Waals surface area contributed by atoms with Gasteiger partial charge in [-0.25, -0.2) is 9.50 Å². The van der Waals surface area contributed by atoms with Gasteiger partial charge in [-0.1, -0.05) is 48.5 Å². The van der Waals surface area contributed by atoms with E-state index < -0.39 is 0 Å². The predicted octanol–water partition coefficient (Wildman–Crippen LogP) is 5.04. The smallest absolute Gasteiger partial charge is 0.274 e. The van der Waals surface area contributed by atoms with Crippen molar-refractivity contribution in [1.29, 1.82) is 0 Å². The van der Waals surface area contributed by atoms with E-state index in [1.807, 2.05) is 79.7 Å². The maximum Gasteiger partial charge on any atom is 0.274 e. The van der Waals surface area contributed by atoms with Gasteiger partial charge in [-0.15, -0.1) is 0 Å². The number of benzene rings is 3. The monoisotopic (exact) mass is 548 g/mol. The van der Waals surface area contributed by atoms with Crippen LogP contribution in [0.25, 0.3) is 16.8 Å². The molecule has 41 heavy (non-hydrogen) atoms. The van der Waals surface area contributed by atoms with E-state index in [0.29, 0.717) is 36.1 Å². The second kappa shape index (κ2) is 12.1. The van der Waals surface area contributed by atoms with Crippen LogP contribution < -0.4 is 25.0 Å². The fraction of sp³-hybridized carbons (Fsp3) is 0.219. The molecular formula is C32H32N6O3. The molecule has 1 saturated heterocycles. The number of hydrogen-bond donors (Lipinski definition) is 2. The fourth-order valence-electron chi connectivity index (χ4n) is 4.94. The van der Waals surface area contributed by atoms with Crippen molar-refractivity contribution in [2.75, 3.05) is 43.0 Å². The van der Waals surface area contributed by atoms with Crippen molar-refractivity contribution in [3.8, 4) is 22.6 Å². The molecule has 3 heterocycles. The van der Waals surface area contributed by atoms with Gasteiger partial charge in [-0.2, -0.15) is 5.10 Å². The third-order valence-corrected chi connectivity index (χ3v) is 7.00. The number of anilines is 2. The predicted molar refractivity (Wildman–Crippen MR) is 160 cm³/mol. The third-order valence-electron chi connectivity index (χ3n) is 7.00. The van der Waals surface area contributed by atoms with Crippen LogP contribution in [-0.2, 0) is 6.61 Å². The van der Waals surface area contributed by atoms with Gasteiger partial charge in [0.05, 0.1) is 24.2 Å². The van der Waals surface area contributed by atoms with Crippen molar-refractivity contribution in [1.82, 2.24) is 19.9 Å². The molecule has 0 bridgehead atoms. The van der Waals surface area contributed by atoms with Crippen LogP contribution in [0.5, 0.6) is 11.5 Å². The van der Waals surface area contributed by atoms with E-state index in [4.69, 9.17) is 14.5 Å². The molecule has 1 aliphatic rings. The van der Waals surface area contributed by atoms with Crippen LogP contribution in [0.1, 0.15) is 23.0 Å². The third kappa shape index (κ3) is 5.85. The topological polar surface area (TPSA) is 93.0 Å². The Balaban J connectivity index is 1.26. The summed E-state index contributed by atoms with van der Waals surface area (Å²) in [5, 5.41) is 10.9. The lowest BCUT2D eigenvalue weighted by Gasteiger charge is -2.31. The molecule has 0 spiro atoms. The number of nitrogens with one attached hydrogen (secondary N) is 2. The van der Waals surface area contributed by atoms with E-state index in [1.54, 1.807) is 23.0 Å². The standard InChI is InChI=1S/C32H32N6O3/c1-2-40-30-20-24(12-13-29(30)41-22-23-8-4-3-5-9-23)25-21-34-38-17-14-27(35-31(25)38)32(39)36-26-10-6-7-11-28(26)37-18-15-33-16-19-37/h3-14,17,20-21,33H,2,15-16,18-19,22H2,1H3,(H,36,39). The molecule has 1 aliphatic heterocycles. The summed E-state index contributed by atoms with van der Waals surface area (Å²) in [5.74, 6) is 1.02. The molecule has 3 aromatic carbocycles. The van der Waals surface area contributed by atoms with Crippen LogP contribution in [0.4, 0.5) is 11.4 Å². The van der Waals surface area contributed by atoms with Crippen LogP contribution in [0, 0.1) is 0 Å². The molecule has 9 nitrogen and oxygen atoms in total. The first-order valence-corrected chi connectivity index (χ1v) is 13.8. The van der Waals surface area contributed by atoms with E-state index in [2.05, 4.69) is 20.6 Å². The zero-order valence-corrected chi connectivity index (χ0v) is 22.9. The lowest BCUT2D eigenvalue weighted by Crippen LogP contribution is -2.43. The number of piperazine rings is 1. The van der Waals surface area contributed by atoms with Crippen molar-refractivity contribution < 1.29 is 14.3 Å². The highest BCUT2D eigenvalue weighted by molar-refractivity contribution is 6.05. The van der Waals surface area contributed by atoms with Gasteiger partial charge in [0.25, 0.3) is 5.91 Å². The highest BCUT2D eigenvalue weighted by Crippen LogP contribution is 2.35. The van der Waals surface area contributed by atoms with E-state index in [-0.39, 0.29) is 5.91 Å². The maximum absolute atomic E-state index is 13.4. The molecule has 2 aromatic heterocycles. The van der Waals surface area contributed by atoms with Gasteiger partial charge in [0.1, 0.15) is 12.3 Å². The zero-order chi connectivity index (χ0) is 28.0. The van der Waals surface area contributed by atoms with Crippen LogP contribution in [0.3, 0.4) is 0 Å². The molecule has 0 unspecified atom stereocenters. The SMILES string of the molecule is CCOc1cc(-c2cnn3ccc(C(=O)Nc4ccccc4N4CCNCC4)nc23)ccc1OCc1ccccc1.